The second-order valence-electron chi connectivity index (χ2n) is 5.04. The first-order valence-electron chi connectivity index (χ1n) is 7.06. The Morgan fingerprint density at radius 3 is 2.76 bits per heavy atom. The molecule has 0 spiro atoms. The fraction of sp³-hybridized carbons (Fsp3) is 0.235. The Morgan fingerprint density at radius 1 is 1.19 bits per heavy atom. The molecule has 0 saturated carbocycles. The third-order valence-electron chi connectivity index (χ3n) is 3.66. The first-order valence-corrected chi connectivity index (χ1v) is 8.14. The van der Waals surface area contributed by atoms with Gasteiger partial charge in [-0.25, -0.2) is 4.98 Å². The van der Waals surface area contributed by atoms with Gasteiger partial charge < -0.3 is 9.67 Å². The van der Waals surface area contributed by atoms with E-state index in [1.54, 1.807) is 0 Å². The van der Waals surface area contributed by atoms with E-state index in [1.807, 2.05) is 42.5 Å². The predicted octanol–water partition coefficient (Wildman–Crippen LogP) is 3.94. The van der Waals surface area contributed by atoms with E-state index in [4.69, 9.17) is 0 Å². The molecule has 1 unspecified atom stereocenters. The summed E-state index contributed by atoms with van der Waals surface area (Å²) in [5.74, 6) is 0.935. The average molecular weight is 392 g/mol. The van der Waals surface area contributed by atoms with E-state index in [1.165, 1.54) is 0 Å². The summed E-state index contributed by atoms with van der Waals surface area (Å²) in [6, 6.07) is 16.1. The van der Waals surface area contributed by atoms with Gasteiger partial charge in [-0.1, -0.05) is 24.3 Å². The van der Waals surface area contributed by atoms with Crippen molar-refractivity contribution in [3.05, 3.63) is 63.5 Å². The Balaban J connectivity index is 1.94. The van der Waals surface area contributed by atoms with E-state index >= 15 is 0 Å². The smallest absolute Gasteiger partial charge is 0.112 e. The Morgan fingerprint density at radius 2 is 2.00 bits per heavy atom. The van der Waals surface area contributed by atoms with Crippen molar-refractivity contribution in [1.82, 2.24) is 9.55 Å². The molecule has 2 aromatic carbocycles. The molecule has 3 aromatic rings. The lowest BCUT2D eigenvalue weighted by Gasteiger charge is -2.12. The minimum atomic E-state index is -0.526. The van der Waals surface area contributed by atoms with Crippen LogP contribution in [0, 0.1) is 3.57 Å². The zero-order chi connectivity index (χ0) is 14.8. The Labute approximate surface area is 137 Å². The molecule has 0 fully saturated rings. The maximum absolute atomic E-state index is 10.5. The SMILES string of the molecule is CCn1c(CC(O)c2cccc(I)c2)nc2ccccc21. The number of aryl methyl sites for hydroxylation is 1. The van der Waals surface area contributed by atoms with E-state index in [0.29, 0.717) is 6.42 Å². The van der Waals surface area contributed by atoms with E-state index in [-0.39, 0.29) is 0 Å². The monoisotopic (exact) mass is 392 g/mol. The maximum Gasteiger partial charge on any atom is 0.112 e. The molecular formula is C17H17IN2O. The first kappa shape index (κ1) is 14.5. The van der Waals surface area contributed by atoms with Gasteiger partial charge in [0.05, 0.1) is 17.1 Å². The summed E-state index contributed by atoms with van der Waals surface area (Å²) in [6.45, 7) is 2.96. The average Bonchev–Trinajstić information content (AvgIpc) is 2.84. The second-order valence-corrected chi connectivity index (χ2v) is 6.28. The molecule has 0 aliphatic heterocycles. The van der Waals surface area contributed by atoms with Crippen molar-refractivity contribution in [2.75, 3.05) is 0 Å². The number of fused-ring (bicyclic) bond motifs is 1. The molecule has 4 heteroatoms. The van der Waals surface area contributed by atoms with Gasteiger partial charge in [-0.2, -0.15) is 0 Å². The molecule has 0 aliphatic rings. The van der Waals surface area contributed by atoms with Crippen molar-refractivity contribution < 1.29 is 5.11 Å². The van der Waals surface area contributed by atoms with Gasteiger partial charge >= 0.3 is 0 Å². The van der Waals surface area contributed by atoms with Crippen LogP contribution in [0.2, 0.25) is 0 Å². The standard InChI is InChI=1S/C17H17IN2O/c1-2-20-15-9-4-3-8-14(15)19-17(20)11-16(21)12-6-5-7-13(18)10-12/h3-10,16,21H,2,11H2,1H3. The number of imidazole rings is 1. The largest absolute Gasteiger partial charge is 0.388 e. The van der Waals surface area contributed by atoms with Gasteiger partial charge in [-0.05, 0) is 59.3 Å². The molecule has 0 bridgehead atoms. The van der Waals surface area contributed by atoms with Crippen molar-refractivity contribution in [3.63, 3.8) is 0 Å². The number of rotatable bonds is 4. The highest BCUT2D eigenvalue weighted by Crippen LogP contribution is 2.23. The summed E-state index contributed by atoms with van der Waals surface area (Å²) in [5.41, 5.74) is 3.06. The highest BCUT2D eigenvalue weighted by molar-refractivity contribution is 14.1. The molecule has 1 atom stereocenters. The van der Waals surface area contributed by atoms with Crippen molar-refractivity contribution in [1.29, 1.82) is 0 Å². The molecule has 0 radical (unpaired) electrons. The van der Waals surface area contributed by atoms with Crippen LogP contribution in [0.5, 0.6) is 0 Å². The summed E-state index contributed by atoms with van der Waals surface area (Å²) in [6.07, 6.45) is 0.00429. The normalized spacial score (nSPS) is 12.7. The quantitative estimate of drug-likeness (QED) is 0.684. The van der Waals surface area contributed by atoms with Crippen LogP contribution in [0.3, 0.4) is 0 Å². The summed E-state index contributed by atoms with van der Waals surface area (Å²) in [5, 5.41) is 10.5. The number of aliphatic hydroxyl groups excluding tert-OH is 1. The summed E-state index contributed by atoms with van der Waals surface area (Å²) < 4.78 is 3.31. The van der Waals surface area contributed by atoms with Crippen LogP contribution in [0.4, 0.5) is 0 Å². The minimum Gasteiger partial charge on any atom is -0.388 e. The number of hydrogen-bond donors (Lipinski definition) is 1. The number of para-hydroxylation sites is 2. The van der Waals surface area contributed by atoms with Gasteiger partial charge in [0, 0.05) is 16.5 Å². The fourth-order valence-electron chi connectivity index (χ4n) is 2.64. The van der Waals surface area contributed by atoms with Gasteiger partial charge in [0.25, 0.3) is 0 Å². The predicted molar refractivity (Wildman–Crippen MR) is 93.2 cm³/mol. The van der Waals surface area contributed by atoms with E-state index in [0.717, 1.165) is 32.5 Å². The molecule has 1 aromatic heterocycles. The van der Waals surface area contributed by atoms with Crippen molar-refractivity contribution in [3.8, 4) is 0 Å². The molecule has 0 amide bonds. The van der Waals surface area contributed by atoms with Gasteiger partial charge in [0.15, 0.2) is 0 Å². The summed E-state index contributed by atoms with van der Waals surface area (Å²) in [4.78, 5) is 4.67. The van der Waals surface area contributed by atoms with Crippen LogP contribution in [0.1, 0.15) is 24.4 Å². The number of nitrogens with zero attached hydrogens (tertiary/aromatic N) is 2. The minimum absolute atomic E-state index is 0.526. The Bertz CT molecular complexity index is 766. The molecule has 3 nitrogen and oxygen atoms in total. The van der Waals surface area contributed by atoms with Crippen LogP contribution in [0.15, 0.2) is 48.5 Å². The van der Waals surface area contributed by atoms with Crippen molar-refractivity contribution in [2.24, 2.45) is 0 Å². The van der Waals surface area contributed by atoms with Crippen LogP contribution < -0.4 is 0 Å². The summed E-state index contributed by atoms with van der Waals surface area (Å²) >= 11 is 2.26. The highest BCUT2D eigenvalue weighted by atomic mass is 127. The molecule has 0 saturated heterocycles. The fourth-order valence-corrected chi connectivity index (χ4v) is 3.21. The second kappa shape index (κ2) is 6.15. The third kappa shape index (κ3) is 2.96. The lowest BCUT2D eigenvalue weighted by molar-refractivity contribution is 0.174. The van der Waals surface area contributed by atoms with E-state index in [9.17, 15) is 5.11 Å². The number of hydrogen-bond acceptors (Lipinski definition) is 2. The Kier molecular flexibility index (Phi) is 4.26. The molecule has 3 rings (SSSR count). The number of benzene rings is 2. The van der Waals surface area contributed by atoms with Crippen LogP contribution >= 0.6 is 22.6 Å². The van der Waals surface area contributed by atoms with Gasteiger partial charge in [0.2, 0.25) is 0 Å². The molecule has 108 valence electrons. The Hall–Kier alpha value is -1.40. The zero-order valence-electron chi connectivity index (χ0n) is 11.8. The summed E-state index contributed by atoms with van der Waals surface area (Å²) in [7, 11) is 0. The van der Waals surface area contributed by atoms with Crippen molar-refractivity contribution in [2.45, 2.75) is 26.0 Å². The maximum atomic E-state index is 10.5. The highest BCUT2D eigenvalue weighted by Gasteiger charge is 2.15. The van der Waals surface area contributed by atoms with Crippen LogP contribution in [0.25, 0.3) is 11.0 Å². The van der Waals surface area contributed by atoms with Crippen LogP contribution in [-0.4, -0.2) is 14.7 Å². The number of aliphatic hydroxyl groups is 1. The molecule has 1 N–H and O–H groups in total. The molecule has 1 heterocycles. The van der Waals surface area contributed by atoms with Gasteiger partial charge in [-0.15, -0.1) is 0 Å². The van der Waals surface area contributed by atoms with Gasteiger partial charge in [0.1, 0.15) is 5.82 Å². The lowest BCUT2D eigenvalue weighted by Crippen LogP contribution is -2.08. The molecule has 0 aliphatic carbocycles. The third-order valence-corrected chi connectivity index (χ3v) is 4.33. The lowest BCUT2D eigenvalue weighted by atomic mass is 10.1. The molecular weight excluding hydrogens is 375 g/mol. The first-order chi connectivity index (χ1) is 10.2. The number of aromatic nitrogens is 2. The number of halogens is 1. The van der Waals surface area contributed by atoms with E-state index < -0.39 is 6.10 Å². The van der Waals surface area contributed by atoms with E-state index in [2.05, 4.69) is 45.1 Å². The van der Waals surface area contributed by atoms with Gasteiger partial charge in [-0.3, -0.25) is 0 Å². The van der Waals surface area contributed by atoms with Crippen molar-refractivity contribution >= 4 is 33.6 Å². The van der Waals surface area contributed by atoms with Crippen LogP contribution in [-0.2, 0) is 13.0 Å². The molecule has 21 heavy (non-hydrogen) atoms. The zero-order valence-corrected chi connectivity index (χ0v) is 14.0. The topological polar surface area (TPSA) is 38.0 Å².